The molecule has 1 aromatic carbocycles. The minimum absolute atomic E-state index is 0.200. The maximum atomic E-state index is 9.74. The fourth-order valence-electron chi connectivity index (χ4n) is 2.72. The predicted molar refractivity (Wildman–Crippen MR) is 69.7 cm³/mol. The van der Waals surface area contributed by atoms with E-state index in [0.29, 0.717) is 12.2 Å². The second kappa shape index (κ2) is 4.61. The van der Waals surface area contributed by atoms with Gasteiger partial charge >= 0.3 is 0 Å². The van der Waals surface area contributed by atoms with Crippen LogP contribution in [0.4, 0.5) is 0 Å². The van der Waals surface area contributed by atoms with Crippen LogP contribution >= 0.6 is 0 Å². The Balaban J connectivity index is 1.72. The Kier molecular flexibility index (Phi) is 2.96. The molecule has 96 valence electrons. The van der Waals surface area contributed by atoms with Gasteiger partial charge in [-0.1, -0.05) is 18.2 Å². The van der Waals surface area contributed by atoms with Gasteiger partial charge in [0.1, 0.15) is 11.9 Å². The van der Waals surface area contributed by atoms with Gasteiger partial charge in [0.2, 0.25) is 0 Å². The normalized spacial score (nSPS) is 30.5. The smallest absolute Gasteiger partial charge is 0.188 e. The summed E-state index contributed by atoms with van der Waals surface area (Å²) in [6.07, 6.45) is 3.68. The zero-order valence-electron chi connectivity index (χ0n) is 10.2. The number of ether oxygens (including phenoxy) is 1. The predicted octanol–water partition coefficient (Wildman–Crippen LogP) is 1.61. The van der Waals surface area contributed by atoms with Crippen LogP contribution in [0.25, 0.3) is 0 Å². The van der Waals surface area contributed by atoms with Crippen molar-refractivity contribution in [2.45, 2.75) is 43.9 Å². The van der Waals surface area contributed by atoms with Gasteiger partial charge in [-0.15, -0.1) is 0 Å². The molecule has 0 amide bonds. The molecule has 2 aliphatic rings. The van der Waals surface area contributed by atoms with Crippen molar-refractivity contribution in [2.75, 3.05) is 0 Å². The fraction of sp³-hybridized carbons (Fsp3) is 0.500. The van der Waals surface area contributed by atoms with E-state index < -0.39 is 0 Å². The lowest BCUT2D eigenvalue weighted by molar-refractivity contribution is 0.142. The summed E-state index contributed by atoms with van der Waals surface area (Å²) in [6, 6.07) is 7.78. The first-order valence-corrected chi connectivity index (χ1v) is 6.48. The number of aromatic hydroxyl groups is 1. The van der Waals surface area contributed by atoms with Crippen molar-refractivity contribution in [2.24, 2.45) is 10.7 Å². The van der Waals surface area contributed by atoms with Crippen molar-refractivity contribution in [3.63, 3.8) is 0 Å². The van der Waals surface area contributed by atoms with E-state index in [9.17, 15) is 5.11 Å². The van der Waals surface area contributed by atoms with Crippen molar-refractivity contribution >= 4 is 5.90 Å². The Hall–Kier alpha value is -1.55. The van der Waals surface area contributed by atoms with Crippen LogP contribution in [-0.4, -0.2) is 29.2 Å². The highest BCUT2D eigenvalue weighted by atomic mass is 16.5. The average molecular weight is 246 g/mol. The van der Waals surface area contributed by atoms with Gasteiger partial charge in [-0.05, 0) is 25.3 Å². The van der Waals surface area contributed by atoms with Gasteiger partial charge in [-0.25, -0.2) is 4.99 Å². The summed E-state index contributed by atoms with van der Waals surface area (Å²) < 4.78 is 5.86. The minimum Gasteiger partial charge on any atom is -0.508 e. The second-order valence-corrected chi connectivity index (χ2v) is 5.13. The molecule has 1 heterocycles. The lowest BCUT2D eigenvalue weighted by atomic mass is 9.90. The number of fused-ring (bicyclic) bond motifs is 1. The van der Waals surface area contributed by atoms with Crippen molar-refractivity contribution in [3.05, 3.63) is 29.8 Å². The topological polar surface area (TPSA) is 67.8 Å². The molecule has 1 aliphatic heterocycles. The molecular weight excluding hydrogens is 228 g/mol. The molecule has 1 fully saturated rings. The number of phenols is 1. The van der Waals surface area contributed by atoms with Gasteiger partial charge in [0, 0.05) is 11.6 Å². The molecule has 3 N–H and O–H groups in total. The number of para-hydroxylation sites is 1. The van der Waals surface area contributed by atoms with Gasteiger partial charge in [0.25, 0.3) is 0 Å². The zero-order valence-corrected chi connectivity index (χ0v) is 10.2. The van der Waals surface area contributed by atoms with Crippen LogP contribution in [0.2, 0.25) is 0 Å². The van der Waals surface area contributed by atoms with Crippen LogP contribution in [0.3, 0.4) is 0 Å². The number of rotatable bonds is 2. The molecule has 1 saturated carbocycles. The van der Waals surface area contributed by atoms with Crippen molar-refractivity contribution < 1.29 is 9.84 Å². The van der Waals surface area contributed by atoms with Crippen LogP contribution in [0.5, 0.6) is 5.75 Å². The first-order chi connectivity index (χ1) is 8.72. The van der Waals surface area contributed by atoms with Crippen molar-refractivity contribution in [1.29, 1.82) is 0 Å². The van der Waals surface area contributed by atoms with Gasteiger partial charge in [0.05, 0.1) is 12.5 Å². The third-order valence-electron chi connectivity index (χ3n) is 3.73. The van der Waals surface area contributed by atoms with Gasteiger partial charge in [-0.2, -0.15) is 0 Å². The number of hydrogen-bond acceptors (Lipinski definition) is 4. The van der Waals surface area contributed by atoms with Crippen molar-refractivity contribution in [3.8, 4) is 5.75 Å². The SMILES string of the molecule is NC1CCC2OC(Cc3ccccc3O)=NC2C1. The van der Waals surface area contributed by atoms with E-state index in [1.165, 1.54) is 0 Å². The van der Waals surface area contributed by atoms with E-state index in [1.807, 2.05) is 18.2 Å². The Labute approximate surface area is 106 Å². The summed E-state index contributed by atoms with van der Waals surface area (Å²) in [4.78, 5) is 4.60. The molecule has 4 heteroatoms. The third-order valence-corrected chi connectivity index (χ3v) is 3.73. The van der Waals surface area contributed by atoms with E-state index in [0.717, 1.165) is 30.7 Å². The number of benzene rings is 1. The lowest BCUT2D eigenvalue weighted by Gasteiger charge is -2.26. The quantitative estimate of drug-likeness (QED) is 0.833. The van der Waals surface area contributed by atoms with Crippen LogP contribution in [0, 0.1) is 0 Å². The molecule has 0 saturated heterocycles. The molecule has 3 atom stereocenters. The molecule has 3 rings (SSSR count). The van der Waals surface area contributed by atoms with E-state index >= 15 is 0 Å². The molecule has 0 bridgehead atoms. The summed E-state index contributed by atoms with van der Waals surface area (Å²) in [5.41, 5.74) is 6.81. The molecule has 0 spiro atoms. The van der Waals surface area contributed by atoms with Crippen LogP contribution < -0.4 is 5.73 Å². The van der Waals surface area contributed by atoms with E-state index in [1.54, 1.807) is 6.07 Å². The summed E-state index contributed by atoms with van der Waals surface area (Å²) in [6.45, 7) is 0. The Morgan fingerprint density at radius 2 is 2.17 bits per heavy atom. The highest BCUT2D eigenvalue weighted by Gasteiger charge is 2.35. The largest absolute Gasteiger partial charge is 0.508 e. The van der Waals surface area contributed by atoms with E-state index in [2.05, 4.69) is 4.99 Å². The lowest BCUT2D eigenvalue weighted by Crippen LogP contribution is -2.37. The Morgan fingerprint density at radius 1 is 1.33 bits per heavy atom. The van der Waals surface area contributed by atoms with E-state index in [-0.39, 0.29) is 18.2 Å². The number of hydrogen-bond donors (Lipinski definition) is 2. The molecule has 1 aliphatic carbocycles. The van der Waals surface area contributed by atoms with Gasteiger partial charge in [0.15, 0.2) is 5.90 Å². The number of nitrogens with two attached hydrogens (primary N) is 1. The summed E-state index contributed by atoms with van der Waals surface area (Å²) in [7, 11) is 0. The Morgan fingerprint density at radius 3 is 3.00 bits per heavy atom. The highest BCUT2D eigenvalue weighted by molar-refractivity contribution is 5.81. The standard InChI is InChI=1S/C14H18N2O2/c15-10-5-6-13-11(8-10)16-14(18-13)7-9-3-1-2-4-12(9)17/h1-4,10-11,13,17H,5-8,15H2. The number of nitrogens with zero attached hydrogens (tertiary/aromatic N) is 1. The first-order valence-electron chi connectivity index (χ1n) is 6.48. The zero-order chi connectivity index (χ0) is 12.5. The maximum Gasteiger partial charge on any atom is 0.188 e. The highest BCUT2D eigenvalue weighted by Crippen LogP contribution is 2.29. The van der Waals surface area contributed by atoms with Crippen LogP contribution in [-0.2, 0) is 11.2 Å². The first kappa shape index (κ1) is 11.5. The molecule has 3 unspecified atom stereocenters. The monoisotopic (exact) mass is 246 g/mol. The van der Waals surface area contributed by atoms with Gasteiger partial charge < -0.3 is 15.6 Å². The summed E-state index contributed by atoms with van der Waals surface area (Å²) in [5.74, 6) is 1.04. The average Bonchev–Trinajstić information content (AvgIpc) is 2.73. The molecule has 4 nitrogen and oxygen atoms in total. The van der Waals surface area contributed by atoms with Crippen LogP contribution in [0.15, 0.2) is 29.3 Å². The van der Waals surface area contributed by atoms with Crippen molar-refractivity contribution in [1.82, 2.24) is 0 Å². The maximum absolute atomic E-state index is 9.74. The second-order valence-electron chi connectivity index (χ2n) is 5.13. The number of aliphatic imine (C=N–C) groups is 1. The third kappa shape index (κ3) is 2.20. The van der Waals surface area contributed by atoms with E-state index in [4.69, 9.17) is 10.5 Å². The fourth-order valence-corrected chi connectivity index (χ4v) is 2.72. The molecule has 1 aromatic rings. The van der Waals surface area contributed by atoms with Crippen LogP contribution in [0.1, 0.15) is 24.8 Å². The molecular formula is C14H18N2O2. The van der Waals surface area contributed by atoms with Gasteiger partial charge in [-0.3, -0.25) is 0 Å². The molecule has 18 heavy (non-hydrogen) atoms. The molecule has 0 aromatic heterocycles. The Bertz CT molecular complexity index is 473. The molecule has 0 radical (unpaired) electrons. The summed E-state index contributed by atoms with van der Waals surface area (Å²) >= 11 is 0. The minimum atomic E-state index is 0.200. The summed E-state index contributed by atoms with van der Waals surface area (Å²) in [5, 5.41) is 9.74. The number of phenolic OH excluding ortho intramolecular Hbond substituents is 1.